The first-order valence-corrected chi connectivity index (χ1v) is 4.87. The summed E-state index contributed by atoms with van der Waals surface area (Å²) in [5.41, 5.74) is 1.48. The monoisotopic (exact) mass is 216 g/mol. The smallest absolute Gasteiger partial charge is 0.227 e. The van der Waals surface area contributed by atoms with Crippen LogP contribution in [0.5, 0.6) is 0 Å². The quantitative estimate of drug-likeness (QED) is 0.767. The lowest BCUT2D eigenvalue weighted by molar-refractivity contribution is -0.127. The topological polar surface area (TPSA) is 70.0 Å². The van der Waals surface area contributed by atoms with Crippen molar-refractivity contribution >= 4 is 11.7 Å². The Labute approximate surface area is 93.9 Å². The molecule has 16 heavy (non-hydrogen) atoms. The van der Waals surface area contributed by atoms with Crippen molar-refractivity contribution in [2.75, 3.05) is 0 Å². The van der Waals surface area contributed by atoms with E-state index in [1.54, 1.807) is 24.3 Å². The molecular formula is C12H12N2O2. The molecule has 1 aromatic carbocycles. The molecular weight excluding hydrogens is 204 g/mol. The first-order valence-electron chi connectivity index (χ1n) is 4.87. The van der Waals surface area contributed by atoms with Crippen LogP contribution in [0.4, 0.5) is 0 Å². The van der Waals surface area contributed by atoms with Gasteiger partial charge in [-0.1, -0.05) is 12.1 Å². The molecule has 0 saturated carbocycles. The van der Waals surface area contributed by atoms with Crippen molar-refractivity contribution in [3.05, 3.63) is 35.4 Å². The fourth-order valence-electron chi connectivity index (χ4n) is 1.19. The molecule has 0 aliphatic heterocycles. The molecule has 0 radical (unpaired) electrons. The van der Waals surface area contributed by atoms with Crippen LogP contribution in [0.2, 0.25) is 0 Å². The lowest BCUT2D eigenvalue weighted by atomic mass is 10.1. The van der Waals surface area contributed by atoms with Crippen molar-refractivity contribution < 1.29 is 9.59 Å². The summed E-state index contributed by atoms with van der Waals surface area (Å²) in [4.78, 5) is 21.8. The van der Waals surface area contributed by atoms with Crippen LogP contribution in [0.25, 0.3) is 0 Å². The molecule has 0 aromatic heterocycles. The maximum absolute atomic E-state index is 11.2. The maximum Gasteiger partial charge on any atom is 0.227 e. The van der Waals surface area contributed by atoms with Crippen LogP contribution in [-0.4, -0.2) is 11.7 Å². The highest BCUT2D eigenvalue weighted by Crippen LogP contribution is 2.02. The fraction of sp³-hybridized carbons (Fsp3) is 0.250. The maximum atomic E-state index is 11.2. The summed E-state index contributed by atoms with van der Waals surface area (Å²) >= 11 is 0. The molecule has 0 unspecified atom stereocenters. The van der Waals surface area contributed by atoms with E-state index in [2.05, 4.69) is 5.32 Å². The van der Waals surface area contributed by atoms with E-state index in [0.29, 0.717) is 12.1 Å². The number of Topliss-reactive ketones (excluding diaryl/α,β-unsaturated/α-hetero) is 1. The molecule has 0 atom stereocenters. The van der Waals surface area contributed by atoms with Gasteiger partial charge in [0, 0.05) is 6.54 Å². The van der Waals surface area contributed by atoms with Crippen LogP contribution in [-0.2, 0) is 16.1 Å². The lowest BCUT2D eigenvalue weighted by Crippen LogP contribution is -2.24. The minimum atomic E-state index is -0.281. The Balaban J connectivity index is 2.46. The second-order valence-corrected chi connectivity index (χ2v) is 3.46. The van der Waals surface area contributed by atoms with E-state index in [4.69, 9.17) is 5.26 Å². The number of benzene rings is 1. The van der Waals surface area contributed by atoms with Crippen LogP contribution in [0, 0.1) is 11.3 Å². The number of nitrogens with one attached hydrogen (secondary N) is 1. The minimum Gasteiger partial charge on any atom is -0.352 e. The Kier molecular flexibility index (Phi) is 4.22. The molecule has 1 amide bonds. The Morgan fingerprint density at radius 1 is 1.31 bits per heavy atom. The van der Waals surface area contributed by atoms with Crippen LogP contribution < -0.4 is 5.32 Å². The molecule has 0 spiro atoms. The molecule has 82 valence electrons. The zero-order valence-electron chi connectivity index (χ0n) is 8.99. The minimum absolute atomic E-state index is 0.0870. The van der Waals surface area contributed by atoms with Crippen molar-refractivity contribution in [1.29, 1.82) is 5.26 Å². The molecule has 4 nitrogen and oxygen atoms in total. The standard InChI is InChI=1S/C12H12N2O2/c1-9(15)6-12(16)14-8-11-4-2-10(7-13)3-5-11/h2-5H,6,8H2,1H3,(H,14,16). The predicted octanol–water partition coefficient (Wildman–Crippen LogP) is 1.15. The van der Waals surface area contributed by atoms with Gasteiger partial charge in [-0.15, -0.1) is 0 Å². The summed E-state index contributed by atoms with van der Waals surface area (Å²) in [6, 6.07) is 8.93. The third kappa shape index (κ3) is 3.93. The van der Waals surface area contributed by atoms with E-state index in [1.807, 2.05) is 6.07 Å². The summed E-state index contributed by atoms with van der Waals surface area (Å²) in [5, 5.41) is 11.2. The van der Waals surface area contributed by atoms with Gasteiger partial charge in [0.1, 0.15) is 5.78 Å². The predicted molar refractivity (Wildman–Crippen MR) is 58.3 cm³/mol. The summed E-state index contributed by atoms with van der Waals surface area (Å²) < 4.78 is 0. The molecule has 0 saturated heterocycles. The molecule has 0 fully saturated rings. The third-order valence-corrected chi connectivity index (χ3v) is 1.98. The molecule has 0 aliphatic rings. The Morgan fingerprint density at radius 3 is 2.44 bits per heavy atom. The number of nitrogens with zero attached hydrogens (tertiary/aromatic N) is 1. The SMILES string of the molecule is CC(=O)CC(=O)NCc1ccc(C#N)cc1. The van der Waals surface area contributed by atoms with Gasteiger partial charge in [0.15, 0.2) is 0 Å². The summed E-state index contributed by atoms with van der Waals surface area (Å²) in [6.07, 6.45) is -0.0870. The van der Waals surface area contributed by atoms with E-state index in [9.17, 15) is 9.59 Å². The number of hydrogen-bond donors (Lipinski definition) is 1. The molecule has 4 heteroatoms. The van der Waals surface area contributed by atoms with Crippen LogP contribution in [0.15, 0.2) is 24.3 Å². The molecule has 1 aromatic rings. The number of nitriles is 1. The van der Waals surface area contributed by atoms with Crippen LogP contribution >= 0.6 is 0 Å². The average Bonchev–Trinajstić information content (AvgIpc) is 2.26. The Morgan fingerprint density at radius 2 is 1.94 bits per heavy atom. The van der Waals surface area contributed by atoms with Gasteiger partial charge >= 0.3 is 0 Å². The third-order valence-electron chi connectivity index (χ3n) is 1.98. The van der Waals surface area contributed by atoms with Crippen molar-refractivity contribution in [1.82, 2.24) is 5.32 Å². The summed E-state index contributed by atoms with van der Waals surface area (Å²) in [5.74, 6) is -0.436. The second-order valence-electron chi connectivity index (χ2n) is 3.46. The molecule has 0 bridgehead atoms. The van der Waals surface area contributed by atoms with E-state index in [-0.39, 0.29) is 18.1 Å². The Hall–Kier alpha value is -2.15. The van der Waals surface area contributed by atoms with Gasteiger partial charge in [-0.2, -0.15) is 5.26 Å². The number of hydrogen-bond acceptors (Lipinski definition) is 3. The number of carbonyl (C=O) groups is 2. The largest absolute Gasteiger partial charge is 0.352 e. The number of carbonyl (C=O) groups excluding carboxylic acids is 2. The number of ketones is 1. The fourth-order valence-corrected chi connectivity index (χ4v) is 1.19. The zero-order valence-corrected chi connectivity index (χ0v) is 8.99. The normalized spacial score (nSPS) is 9.25. The lowest BCUT2D eigenvalue weighted by Gasteiger charge is -2.03. The van der Waals surface area contributed by atoms with Gasteiger partial charge in [0.25, 0.3) is 0 Å². The molecule has 0 aliphatic carbocycles. The summed E-state index contributed by atoms with van der Waals surface area (Å²) in [7, 11) is 0. The molecule has 1 N–H and O–H groups in total. The highest BCUT2D eigenvalue weighted by molar-refractivity contribution is 5.96. The van der Waals surface area contributed by atoms with Crippen LogP contribution in [0.1, 0.15) is 24.5 Å². The molecule has 1 rings (SSSR count). The van der Waals surface area contributed by atoms with E-state index in [0.717, 1.165) is 5.56 Å². The first kappa shape index (κ1) is 11.9. The van der Waals surface area contributed by atoms with Gasteiger partial charge in [0.2, 0.25) is 5.91 Å². The molecule has 0 heterocycles. The van der Waals surface area contributed by atoms with Gasteiger partial charge < -0.3 is 5.32 Å². The summed E-state index contributed by atoms with van der Waals surface area (Å²) in [6.45, 7) is 1.75. The van der Waals surface area contributed by atoms with Crippen molar-refractivity contribution in [2.24, 2.45) is 0 Å². The van der Waals surface area contributed by atoms with Crippen molar-refractivity contribution in [3.63, 3.8) is 0 Å². The van der Waals surface area contributed by atoms with Crippen LogP contribution in [0.3, 0.4) is 0 Å². The second kappa shape index (κ2) is 5.66. The average molecular weight is 216 g/mol. The van der Waals surface area contributed by atoms with Gasteiger partial charge in [-0.25, -0.2) is 0 Å². The van der Waals surface area contributed by atoms with Gasteiger partial charge in [-0.05, 0) is 24.6 Å². The van der Waals surface area contributed by atoms with E-state index < -0.39 is 0 Å². The zero-order chi connectivity index (χ0) is 12.0. The highest BCUT2D eigenvalue weighted by Gasteiger charge is 2.04. The van der Waals surface area contributed by atoms with Gasteiger partial charge in [-0.3, -0.25) is 9.59 Å². The number of amides is 1. The first-order chi connectivity index (χ1) is 7.61. The highest BCUT2D eigenvalue weighted by atomic mass is 16.2. The van der Waals surface area contributed by atoms with Crippen molar-refractivity contribution in [3.8, 4) is 6.07 Å². The Bertz CT molecular complexity index is 429. The van der Waals surface area contributed by atoms with E-state index in [1.165, 1.54) is 6.92 Å². The number of rotatable bonds is 4. The van der Waals surface area contributed by atoms with Crippen molar-refractivity contribution in [2.45, 2.75) is 19.9 Å². The van der Waals surface area contributed by atoms with Gasteiger partial charge in [0.05, 0.1) is 18.1 Å². The van der Waals surface area contributed by atoms with E-state index >= 15 is 0 Å².